The maximum atomic E-state index is 12.2. The van der Waals surface area contributed by atoms with Crippen LogP contribution in [0.4, 0.5) is 5.69 Å². The molecule has 2 amide bonds. The summed E-state index contributed by atoms with van der Waals surface area (Å²) < 4.78 is 0. The number of para-hydroxylation sites is 1. The zero-order chi connectivity index (χ0) is 15.9. The number of nitriles is 1. The summed E-state index contributed by atoms with van der Waals surface area (Å²) >= 11 is 0. The van der Waals surface area contributed by atoms with Crippen molar-refractivity contribution < 1.29 is 9.59 Å². The highest BCUT2D eigenvalue weighted by Crippen LogP contribution is 2.23. The van der Waals surface area contributed by atoms with Crippen LogP contribution in [0.2, 0.25) is 0 Å². The molecule has 2 rings (SSSR count). The summed E-state index contributed by atoms with van der Waals surface area (Å²) in [6.07, 6.45) is 5.33. The Morgan fingerprint density at radius 2 is 1.95 bits per heavy atom. The van der Waals surface area contributed by atoms with E-state index in [1.807, 2.05) is 6.07 Å². The van der Waals surface area contributed by atoms with E-state index in [1.54, 1.807) is 29.2 Å². The first-order valence-corrected chi connectivity index (χ1v) is 7.68. The van der Waals surface area contributed by atoms with Crippen LogP contribution in [0.5, 0.6) is 0 Å². The van der Waals surface area contributed by atoms with E-state index in [9.17, 15) is 9.59 Å². The van der Waals surface area contributed by atoms with Crippen molar-refractivity contribution in [3.05, 3.63) is 29.8 Å². The molecule has 0 unspecified atom stereocenters. The zero-order valence-corrected chi connectivity index (χ0v) is 12.8. The van der Waals surface area contributed by atoms with Gasteiger partial charge < -0.3 is 10.2 Å². The summed E-state index contributed by atoms with van der Waals surface area (Å²) in [5, 5.41) is 11.8. The van der Waals surface area contributed by atoms with E-state index in [-0.39, 0.29) is 24.4 Å². The summed E-state index contributed by atoms with van der Waals surface area (Å²) in [5.74, 6) is -0.334. The summed E-state index contributed by atoms with van der Waals surface area (Å²) in [6.45, 7) is 1.55. The first kappa shape index (κ1) is 16.0. The summed E-state index contributed by atoms with van der Waals surface area (Å²) in [5.41, 5.74) is 0.907. The largest absolute Gasteiger partial charge is 0.331 e. The summed E-state index contributed by atoms with van der Waals surface area (Å²) in [4.78, 5) is 25.7. The fourth-order valence-corrected chi connectivity index (χ4v) is 2.92. The Morgan fingerprint density at radius 3 is 2.59 bits per heavy atom. The molecular formula is C17H21N3O2. The molecule has 0 atom stereocenters. The molecule has 1 fully saturated rings. The van der Waals surface area contributed by atoms with Gasteiger partial charge in [-0.05, 0) is 25.0 Å². The van der Waals surface area contributed by atoms with E-state index in [0.29, 0.717) is 11.3 Å². The van der Waals surface area contributed by atoms with Gasteiger partial charge in [-0.1, -0.05) is 31.4 Å². The molecule has 1 aliphatic carbocycles. The number of carbonyl (C=O) groups is 2. The lowest BCUT2D eigenvalue weighted by Crippen LogP contribution is -2.44. The maximum absolute atomic E-state index is 12.2. The highest BCUT2D eigenvalue weighted by Gasteiger charge is 2.25. The predicted molar refractivity (Wildman–Crippen MR) is 84.0 cm³/mol. The van der Waals surface area contributed by atoms with Crippen molar-refractivity contribution in [1.82, 2.24) is 4.90 Å². The van der Waals surface area contributed by atoms with Crippen LogP contribution >= 0.6 is 0 Å². The molecule has 1 saturated carbocycles. The molecule has 1 aromatic carbocycles. The summed E-state index contributed by atoms with van der Waals surface area (Å²) in [6, 6.07) is 9.06. The van der Waals surface area contributed by atoms with E-state index in [4.69, 9.17) is 5.26 Å². The Hall–Kier alpha value is -2.35. The third kappa shape index (κ3) is 4.08. The van der Waals surface area contributed by atoms with Crippen molar-refractivity contribution in [3.8, 4) is 6.07 Å². The number of hydrogen-bond donors (Lipinski definition) is 1. The number of hydrogen-bond acceptors (Lipinski definition) is 3. The molecule has 0 bridgehead atoms. The van der Waals surface area contributed by atoms with E-state index in [1.165, 1.54) is 13.3 Å². The molecule has 1 N–H and O–H groups in total. The van der Waals surface area contributed by atoms with Crippen molar-refractivity contribution in [2.75, 3.05) is 11.9 Å². The minimum Gasteiger partial charge on any atom is -0.331 e. The van der Waals surface area contributed by atoms with Gasteiger partial charge in [0.1, 0.15) is 12.6 Å². The second-order valence-electron chi connectivity index (χ2n) is 5.64. The molecule has 0 aliphatic heterocycles. The maximum Gasteiger partial charge on any atom is 0.244 e. The molecule has 116 valence electrons. The number of carbonyl (C=O) groups excluding carboxylic acids is 2. The SMILES string of the molecule is CC(=O)N(CC(=O)Nc1ccccc1C#N)C1CCCCC1. The highest BCUT2D eigenvalue weighted by molar-refractivity contribution is 5.95. The molecule has 5 heteroatoms. The smallest absolute Gasteiger partial charge is 0.244 e. The van der Waals surface area contributed by atoms with Crippen molar-refractivity contribution in [2.45, 2.75) is 45.1 Å². The van der Waals surface area contributed by atoms with Crippen LogP contribution in [0.1, 0.15) is 44.6 Å². The zero-order valence-electron chi connectivity index (χ0n) is 12.8. The normalized spacial score (nSPS) is 14.9. The number of rotatable bonds is 4. The van der Waals surface area contributed by atoms with Crippen molar-refractivity contribution in [3.63, 3.8) is 0 Å². The molecule has 0 spiro atoms. The molecule has 0 heterocycles. The first-order valence-electron chi connectivity index (χ1n) is 7.68. The van der Waals surface area contributed by atoms with Crippen LogP contribution < -0.4 is 5.32 Å². The van der Waals surface area contributed by atoms with Crippen LogP contribution in [0, 0.1) is 11.3 Å². The van der Waals surface area contributed by atoms with E-state index < -0.39 is 0 Å². The lowest BCUT2D eigenvalue weighted by atomic mass is 9.94. The van der Waals surface area contributed by atoms with Gasteiger partial charge in [-0.2, -0.15) is 5.26 Å². The number of nitrogens with zero attached hydrogens (tertiary/aromatic N) is 2. The van der Waals surface area contributed by atoms with E-state index in [2.05, 4.69) is 5.32 Å². The second-order valence-corrected chi connectivity index (χ2v) is 5.64. The number of nitrogens with one attached hydrogen (secondary N) is 1. The van der Waals surface area contributed by atoms with Gasteiger partial charge in [0.15, 0.2) is 0 Å². The van der Waals surface area contributed by atoms with Gasteiger partial charge in [0, 0.05) is 13.0 Å². The van der Waals surface area contributed by atoms with Crippen LogP contribution in [-0.2, 0) is 9.59 Å². The van der Waals surface area contributed by atoms with Crippen molar-refractivity contribution in [2.24, 2.45) is 0 Å². The molecule has 0 radical (unpaired) electrons. The average molecular weight is 299 g/mol. The van der Waals surface area contributed by atoms with E-state index in [0.717, 1.165) is 25.7 Å². The Balaban J connectivity index is 2.02. The minimum absolute atomic E-state index is 0.0414. The molecule has 0 saturated heterocycles. The minimum atomic E-state index is -0.261. The van der Waals surface area contributed by atoms with Crippen molar-refractivity contribution >= 4 is 17.5 Å². The lowest BCUT2D eigenvalue weighted by molar-refractivity contribution is -0.135. The van der Waals surface area contributed by atoms with Crippen LogP contribution in [0.25, 0.3) is 0 Å². The van der Waals surface area contributed by atoms with Gasteiger partial charge in [0.25, 0.3) is 0 Å². The fraction of sp³-hybridized carbons (Fsp3) is 0.471. The van der Waals surface area contributed by atoms with Gasteiger partial charge >= 0.3 is 0 Å². The predicted octanol–water partition coefficient (Wildman–Crippen LogP) is 2.68. The Morgan fingerprint density at radius 1 is 1.27 bits per heavy atom. The fourth-order valence-electron chi connectivity index (χ4n) is 2.92. The van der Waals surface area contributed by atoms with Gasteiger partial charge in [0.05, 0.1) is 11.3 Å². The quantitative estimate of drug-likeness (QED) is 0.929. The van der Waals surface area contributed by atoms with Crippen LogP contribution in [0.15, 0.2) is 24.3 Å². The Kier molecular flexibility index (Phi) is 5.54. The summed E-state index contributed by atoms with van der Waals surface area (Å²) in [7, 11) is 0. The molecule has 22 heavy (non-hydrogen) atoms. The third-order valence-corrected chi connectivity index (χ3v) is 4.06. The standard InChI is InChI=1S/C17H21N3O2/c1-13(21)20(15-8-3-2-4-9-15)12-17(22)19-16-10-6-5-7-14(16)11-18/h5-7,10,15H,2-4,8-9,12H2,1H3,(H,19,22). The van der Waals surface area contributed by atoms with Crippen LogP contribution in [-0.4, -0.2) is 29.3 Å². The van der Waals surface area contributed by atoms with Crippen LogP contribution in [0.3, 0.4) is 0 Å². The third-order valence-electron chi connectivity index (χ3n) is 4.06. The van der Waals surface area contributed by atoms with E-state index >= 15 is 0 Å². The second kappa shape index (κ2) is 7.60. The van der Waals surface area contributed by atoms with Gasteiger partial charge in [0.2, 0.25) is 11.8 Å². The molecule has 5 nitrogen and oxygen atoms in total. The molecule has 1 aliphatic rings. The Labute approximate surface area is 130 Å². The number of amides is 2. The lowest BCUT2D eigenvalue weighted by Gasteiger charge is -2.33. The molecule has 1 aromatic rings. The average Bonchev–Trinajstić information content (AvgIpc) is 2.53. The van der Waals surface area contributed by atoms with Crippen molar-refractivity contribution in [1.29, 1.82) is 5.26 Å². The monoisotopic (exact) mass is 299 g/mol. The number of anilines is 1. The van der Waals surface area contributed by atoms with Gasteiger partial charge in [-0.15, -0.1) is 0 Å². The first-order chi connectivity index (χ1) is 10.6. The van der Waals surface area contributed by atoms with Gasteiger partial charge in [-0.25, -0.2) is 0 Å². The molecule has 0 aromatic heterocycles. The topological polar surface area (TPSA) is 73.2 Å². The Bertz CT molecular complexity index is 586. The van der Waals surface area contributed by atoms with Gasteiger partial charge in [-0.3, -0.25) is 9.59 Å². The molecular weight excluding hydrogens is 278 g/mol. The highest BCUT2D eigenvalue weighted by atomic mass is 16.2. The number of benzene rings is 1.